The van der Waals surface area contributed by atoms with Gasteiger partial charge in [0.25, 0.3) is 0 Å². The fourth-order valence-corrected chi connectivity index (χ4v) is 4.89. The Hall–Kier alpha value is -2.03. The van der Waals surface area contributed by atoms with E-state index in [4.69, 9.17) is 38.4 Å². The van der Waals surface area contributed by atoms with Gasteiger partial charge in [-0.3, -0.25) is 9.69 Å². The van der Waals surface area contributed by atoms with Gasteiger partial charge in [0.2, 0.25) is 5.91 Å². The molecule has 4 rings (SSSR count). The molecule has 172 valence electrons. The zero-order valence-electron chi connectivity index (χ0n) is 17.5. The van der Waals surface area contributed by atoms with E-state index in [0.29, 0.717) is 53.3 Å². The number of nitrogens with two attached hydrogens (primary N) is 1. The molecule has 3 atom stereocenters. The highest BCUT2D eigenvalue weighted by atomic mass is 35.5. The molecule has 2 aliphatic heterocycles. The fourth-order valence-electron chi connectivity index (χ4n) is 4.28. The lowest BCUT2D eigenvalue weighted by Gasteiger charge is -2.37. The van der Waals surface area contributed by atoms with Crippen molar-refractivity contribution in [3.05, 3.63) is 58.1 Å². The van der Waals surface area contributed by atoms with Crippen molar-refractivity contribution in [1.29, 1.82) is 0 Å². The van der Waals surface area contributed by atoms with Crippen molar-refractivity contribution in [2.75, 3.05) is 26.2 Å². The van der Waals surface area contributed by atoms with Gasteiger partial charge in [-0.15, -0.1) is 0 Å². The van der Waals surface area contributed by atoms with Gasteiger partial charge in [-0.2, -0.15) is 0 Å². The Morgan fingerprint density at radius 2 is 1.78 bits per heavy atom. The number of halogens is 2. The summed E-state index contributed by atoms with van der Waals surface area (Å²) in [6, 6.07) is 12.1. The van der Waals surface area contributed by atoms with Crippen LogP contribution >= 0.6 is 23.2 Å². The third-order valence-electron chi connectivity index (χ3n) is 6.01. The predicted octanol–water partition coefficient (Wildman–Crippen LogP) is 2.77. The van der Waals surface area contributed by atoms with Gasteiger partial charge in [0.1, 0.15) is 18.8 Å². The minimum absolute atomic E-state index is 0.202. The molecule has 0 radical (unpaired) electrons. The second kappa shape index (κ2) is 10.3. The number of carbonyl (C=O) groups excluding carboxylic acids is 1. The summed E-state index contributed by atoms with van der Waals surface area (Å²) in [4.78, 5) is 14.3. The molecule has 9 heteroatoms. The number of hydrogen-bond acceptors (Lipinski definition) is 6. The van der Waals surface area contributed by atoms with Crippen LogP contribution in [0.5, 0.6) is 11.5 Å². The maximum atomic E-state index is 12.3. The number of amides is 1. The normalized spacial score (nSPS) is 21.2. The summed E-state index contributed by atoms with van der Waals surface area (Å²) in [6.07, 6.45) is 0.452. The van der Waals surface area contributed by atoms with Crippen LogP contribution in [0.4, 0.5) is 0 Å². The number of aliphatic hydroxyl groups is 1. The topological polar surface area (TPSA) is 97.1 Å². The van der Waals surface area contributed by atoms with Crippen LogP contribution in [0.15, 0.2) is 42.5 Å². The molecule has 2 aromatic rings. The number of carbonyl (C=O) groups is 1. The number of para-hydroxylation sites is 2. The SMILES string of the molecule is NC(=O)C(c1c(Cl)cccc1Cl)N1CCC(NCC(O)C2COc3ccccc3O2)CC1. The molecule has 1 saturated heterocycles. The molecule has 2 aliphatic rings. The molecular weight excluding hydrogens is 453 g/mol. The van der Waals surface area contributed by atoms with Crippen molar-refractivity contribution in [3.63, 3.8) is 0 Å². The maximum absolute atomic E-state index is 12.3. The van der Waals surface area contributed by atoms with Crippen molar-refractivity contribution in [2.24, 2.45) is 5.73 Å². The lowest BCUT2D eigenvalue weighted by Crippen LogP contribution is -2.50. The van der Waals surface area contributed by atoms with Gasteiger partial charge in [0.15, 0.2) is 17.6 Å². The highest BCUT2D eigenvalue weighted by Gasteiger charge is 2.33. The third-order valence-corrected chi connectivity index (χ3v) is 6.67. The molecule has 2 heterocycles. The molecule has 1 amide bonds. The number of likely N-dealkylation sites (tertiary alicyclic amines) is 1. The Morgan fingerprint density at radius 3 is 2.44 bits per heavy atom. The van der Waals surface area contributed by atoms with E-state index in [2.05, 4.69) is 5.32 Å². The van der Waals surface area contributed by atoms with Crippen LogP contribution in [0, 0.1) is 0 Å². The molecule has 1 fully saturated rings. The molecule has 0 aliphatic carbocycles. The van der Waals surface area contributed by atoms with Gasteiger partial charge >= 0.3 is 0 Å². The van der Waals surface area contributed by atoms with Gasteiger partial charge < -0.3 is 25.6 Å². The summed E-state index contributed by atoms with van der Waals surface area (Å²) >= 11 is 12.7. The number of primary amides is 1. The van der Waals surface area contributed by atoms with E-state index in [1.165, 1.54) is 0 Å². The Morgan fingerprint density at radius 1 is 1.12 bits per heavy atom. The Balaban J connectivity index is 1.30. The van der Waals surface area contributed by atoms with E-state index in [9.17, 15) is 9.90 Å². The molecular formula is C23H27Cl2N3O4. The Bertz CT molecular complexity index is 932. The molecule has 0 aromatic heterocycles. The van der Waals surface area contributed by atoms with E-state index in [-0.39, 0.29) is 6.04 Å². The zero-order valence-corrected chi connectivity index (χ0v) is 19.1. The molecule has 3 unspecified atom stereocenters. The molecule has 32 heavy (non-hydrogen) atoms. The van der Waals surface area contributed by atoms with Gasteiger partial charge in [-0.05, 0) is 37.1 Å². The fraction of sp³-hybridized carbons (Fsp3) is 0.435. The predicted molar refractivity (Wildman–Crippen MR) is 123 cm³/mol. The summed E-state index contributed by atoms with van der Waals surface area (Å²) in [5, 5.41) is 14.9. The van der Waals surface area contributed by atoms with Gasteiger partial charge in [0, 0.05) is 41.3 Å². The maximum Gasteiger partial charge on any atom is 0.239 e. The van der Waals surface area contributed by atoms with Gasteiger partial charge in [-0.1, -0.05) is 41.4 Å². The van der Waals surface area contributed by atoms with Crippen LogP contribution in [0.25, 0.3) is 0 Å². The van der Waals surface area contributed by atoms with Crippen LogP contribution in [-0.2, 0) is 4.79 Å². The number of nitrogens with zero attached hydrogens (tertiary/aromatic N) is 1. The van der Waals surface area contributed by atoms with Crippen molar-refractivity contribution in [3.8, 4) is 11.5 Å². The first kappa shape index (κ1) is 23.1. The average Bonchev–Trinajstić information content (AvgIpc) is 2.80. The third kappa shape index (κ3) is 5.13. The van der Waals surface area contributed by atoms with Crippen LogP contribution in [-0.4, -0.2) is 60.4 Å². The minimum atomic E-state index is -0.707. The molecule has 4 N–H and O–H groups in total. The van der Waals surface area contributed by atoms with E-state index >= 15 is 0 Å². The zero-order chi connectivity index (χ0) is 22.7. The number of rotatable bonds is 7. The van der Waals surface area contributed by atoms with E-state index < -0.39 is 24.2 Å². The summed E-state index contributed by atoms with van der Waals surface area (Å²) in [5.74, 6) is 0.863. The van der Waals surface area contributed by atoms with E-state index in [0.717, 1.165) is 12.8 Å². The standard InChI is InChI=1S/C23H27Cl2N3O4/c24-15-4-3-5-16(25)21(15)22(23(26)30)28-10-8-14(9-11-28)27-12-17(29)20-13-31-18-6-1-2-7-19(18)32-20/h1-7,14,17,20,22,27,29H,8-13H2,(H2,26,30). The van der Waals surface area contributed by atoms with Crippen molar-refractivity contribution >= 4 is 29.1 Å². The minimum Gasteiger partial charge on any atom is -0.486 e. The van der Waals surface area contributed by atoms with E-state index in [1.807, 2.05) is 29.2 Å². The number of nitrogens with one attached hydrogen (secondary N) is 1. The van der Waals surface area contributed by atoms with Crippen LogP contribution in [0.2, 0.25) is 10.0 Å². The van der Waals surface area contributed by atoms with Crippen molar-refractivity contribution in [1.82, 2.24) is 10.2 Å². The summed E-state index contributed by atoms with van der Waals surface area (Å²) < 4.78 is 11.6. The highest BCUT2D eigenvalue weighted by Crippen LogP contribution is 2.35. The summed E-state index contributed by atoms with van der Waals surface area (Å²) in [6.45, 7) is 1.99. The van der Waals surface area contributed by atoms with Crippen LogP contribution in [0.1, 0.15) is 24.4 Å². The first-order valence-corrected chi connectivity index (χ1v) is 11.5. The molecule has 2 aromatic carbocycles. The molecule has 0 spiro atoms. The summed E-state index contributed by atoms with van der Waals surface area (Å²) in [5.41, 5.74) is 6.27. The van der Waals surface area contributed by atoms with Crippen LogP contribution in [0.3, 0.4) is 0 Å². The second-order valence-corrected chi connectivity index (χ2v) is 8.95. The van der Waals surface area contributed by atoms with Gasteiger partial charge in [0.05, 0.1) is 0 Å². The number of hydrogen-bond donors (Lipinski definition) is 3. The van der Waals surface area contributed by atoms with Crippen LogP contribution < -0.4 is 20.5 Å². The number of piperidine rings is 1. The van der Waals surface area contributed by atoms with Crippen molar-refractivity contribution < 1.29 is 19.4 Å². The van der Waals surface area contributed by atoms with E-state index in [1.54, 1.807) is 18.2 Å². The quantitative estimate of drug-likeness (QED) is 0.564. The smallest absolute Gasteiger partial charge is 0.239 e. The molecule has 0 bridgehead atoms. The Labute approximate surface area is 197 Å². The molecule has 0 saturated carbocycles. The summed E-state index contributed by atoms with van der Waals surface area (Å²) in [7, 11) is 0. The largest absolute Gasteiger partial charge is 0.486 e. The average molecular weight is 480 g/mol. The second-order valence-electron chi connectivity index (χ2n) is 8.14. The van der Waals surface area contributed by atoms with Gasteiger partial charge in [-0.25, -0.2) is 0 Å². The lowest BCUT2D eigenvalue weighted by atomic mass is 9.98. The first-order valence-electron chi connectivity index (χ1n) is 10.7. The van der Waals surface area contributed by atoms with Crippen molar-refractivity contribution in [2.45, 2.75) is 37.1 Å². The number of ether oxygens (including phenoxy) is 2. The lowest BCUT2D eigenvalue weighted by molar-refractivity contribution is -0.124. The number of fused-ring (bicyclic) bond motifs is 1. The first-order chi connectivity index (χ1) is 15.4. The molecule has 7 nitrogen and oxygen atoms in total. The number of benzene rings is 2. The number of aliphatic hydroxyl groups excluding tert-OH is 1. The highest BCUT2D eigenvalue weighted by molar-refractivity contribution is 6.36. The monoisotopic (exact) mass is 479 g/mol. The Kier molecular flexibility index (Phi) is 7.43.